The molecule has 0 fully saturated rings. The van der Waals surface area contributed by atoms with Gasteiger partial charge >= 0.3 is 0 Å². The van der Waals surface area contributed by atoms with Gasteiger partial charge in [0, 0.05) is 18.3 Å². The van der Waals surface area contributed by atoms with E-state index >= 15 is 0 Å². The highest BCUT2D eigenvalue weighted by Crippen LogP contribution is 1.94. The minimum atomic E-state index is 0.966. The Hall–Kier alpha value is -1.05. The van der Waals surface area contributed by atoms with E-state index in [1.807, 2.05) is 6.07 Å². The minimum Gasteiger partial charge on any atom is -0.282 e. The maximum Gasteiger partial charge on any atom is 0.0490 e. The Bertz CT molecular complexity index is 187. The van der Waals surface area contributed by atoms with Crippen molar-refractivity contribution in [2.45, 2.75) is 19.8 Å². The van der Waals surface area contributed by atoms with Gasteiger partial charge in [0.05, 0.1) is 0 Å². The van der Waals surface area contributed by atoms with Gasteiger partial charge < -0.3 is 0 Å². The van der Waals surface area contributed by atoms with Crippen molar-refractivity contribution < 1.29 is 0 Å². The lowest BCUT2D eigenvalue weighted by molar-refractivity contribution is 1.01. The molecule has 0 aliphatic heterocycles. The number of hydrogen-bond acceptors (Lipinski definition) is 1. The van der Waals surface area contributed by atoms with Gasteiger partial charge in [-0.05, 0) is 12.5 Å². The summed E-state index contributed by atoms with van der Waals surface area (Å²) in [5.41, 5.74) is 1.17. The molecule has 2 nitrogen and oxygen atoms in total. The fourth-order valence-electron chi connectivity index (χ4n) is 0.775. The van der Waals surface area contributed by atoms with E-state index in [-0.39, 0.29) is 0 Å². The maximum atomic E-state index is 3.84. The lowest BCUT2D eigenvalue weighted by Crippen LogP contribution is -1.79. The van der Waals surface area contributed by atoms with Crippen LogP contribution in [-0.4, -0.2) is 10.2 Å². The van der Waals surface area contributed by atoms with E-state index in [2.05, 4.69) is 29.3 Å². The molecule has 1 aromatic rings. The maximum absolute atomic E-state index is 3.84. The molecule has 1 N–H and O–H groups in total. The van der Waals surface area contributed by atoms with Crippen LogP contribution in [0.3, 0.4) is 0 Å². The van der Waals surface area contributed by atoms with E-state index in [0.717, 1.165) is 12.8 Å². The predicted molar refractivity (Wildman–Crippen MR) is 41.7 cm³/mol. The second kappa shape index (κ2) is 3.88. The molecule has 2 heteroatoms. The lowest BCUT2D eigenvalue weighted by atomic mass is 10.3. The summed E-state index contributed by atoms with van der Waals surface area (Å²) in [6.45, 7) is 2.13. The van der Waals surface area contributed by atoms with E-state index < -0.39 is 0 Å². The molecule has 0 saturated carbocycles. The van der Waals surface area contributed by atoms with E-state index in [1.54, 1.807) is 6.20 Å². The Balaban J connectivity index is 2.34. The van der Waals surface area contributed by atoms with Crippen LogP contribution in [0, 0.1) is 0 Å². The normalized spacial score (nSPS) is 10.9. The number of nitrogens with zero attached hydrogens (tertiary/aromatic N) is 1. The highest BCUT2D eigenvalue weighted by Gasteiger charge is 1.85. The van der Waals surface area contributed by atoms with Gasteiger partial charge in [0.2, 0.25) is 0 Å². The predicted octanol–water partition coefficient (Wildman–Crippen LogP) is 1.92. The summed E-state index contributed by atoms with van der Waals surface area (Å²) in [7, 11) is 0. The highest BCUT2D eigenvalue weighted by atomic mass is 15.1. The topological polar surface area (TPSA) is 28.7 Å². The molecular weight excluding hydrogens is 124 g/mol. The molecule has 0 spiro atoms. The van der Waals surface area contributed by atoms with E-state index in [1.165, 1.54) is 5.69 Å². The number of aromatic amines is 1. The summed E-state index contributed by atoms with van der Waals surface area (Å²) in [5.74, 6) is 0. The Kier molecular flexibility index (Phi) is 2.74. The van der Waals surface area contributed by atoms with Crippen LogP contribution in [0.4, 0.5) is 0 Å². The molecule has 0 amide bonds. The fourth-order valence-corrected chi connectivity index (χ4v) is 0.775. The van der Waals surface area contributed by atoms with Crippen LogP contribution in [0.2, 0.25) is 0 Å². The van der Waals surface area contributed by atoms with Gasteiger partial charge in [-0.1, -0.05) is 19.1 Å². The first-order valence-electron chi connectivity index (χ1n) is 3.56. The van der Waals surface area contributed by atoms with Crippen LogP contribution in [0.15, 0.2) is 24.4 Å². The van der Waals surface area contributed by atoms with Crippen LogP contribution in [0.25, 0.3) is 0 Å². The van der Waals surface area contributed by atoms with Crippen LogP contribution < -0.4 is 0 Å². The van der Waals surface area contributed by atoms with Gasteiger partial charge in [-0.25, -0.2) is 0 Å². The van der Waals surface area contributed by atoms with Crippen molar-refractivity contribution in [3.63, 3.8) is 0 Å². The molecule has 1 aromatic heterocycles. The Morgan fingerprint density at radius 2 is 2.50 bits per heavy atom. The number of allylic oxidation sites excluding steroid dienone is 2. The molecule has 0 radical (unpaired) electrons. The average molecular weight is 136 g/mol. The monoisotopic (exact) mass is 136 g/mol. The number of aromatic nitrogens is 2. The van der Waals surface area contributed by atoms with Crippen LogP contribution >= 0.6 is 0 Å². The SMILES string of the molecule is CC/C=C/Cc1ccn[nH]1. The molecule has 0 aromatic carbocycles. The molecule has 0 aliphatic carbocycles. The molecule has 0 saturated heterocycles. The first-order valence-corrected chi connectivity index (χ1v) is 3.56. The fraction of sp³-hybridized carbons (Fsp3) is 0.375. The molecule has 1 heterocycles. The van der Waals surface area contributed by atoms with Gasteiger partial charge in [0.15, 0.2) is 0 Å². The van der Waals surface area contributed by atoms with Crippen molar-refractivity contribution in [2.24, 2.45) is 0 Å². The van der Waals surface area contributed by atoms with Gasteiger partial charge in [-0.2, -0.15) is 5.10 Å². The molecule has 1 rings (SSSR count). The van der Waals surface area contributed by atoms with Crippen molar-refractivity contribution >= 4 is 0 Å². The first-order chi connectivity index (χ1) is 4.93. The average Bonchev–Trinajstić information content (AvgIpc) is 2.41. The van der Waals surface area contributed by atoms with Crippen molar-refractivity contribution in [1.82, 2.24) is 10.2 Å². The van der Waals surface area contributed by atoms with Crippen molar-refractivity contribution in [3.8, 4) is 0 Å². The van der Waals surface area contributed by atoms with Gasteiger partial charge in [0.1, 0.15) is 0 Å². The number of rotatable bonds is 3. The highest BCUT2D eigenvalue weighted by molar-refractivity contribution is 5.03. The second-order valence-electron chi connectivity index (χ2n) is 2.17. The molecule has 0 aliphatic rings. The van der Waals surface area contributed by atoms with Crippen molar-refractivity contribution in [3.05, 3.63) is 30.1 Å². The summed E-state index contributed by atoms with van der Waals surface area (Å²) in [5, 5.41) is 6.74. The zero-order valence-electron chi connectivity index (χ0n) is 6.17. The van der Waals surface area contributed by atoms with Crippen molar-refractivity contribution in [1.29, 1.82) is 0 Å². The van der Waals surface area contributed by atoms with E-state index in [0.29, 0.717) is 0 Å². The number of hydrogen-bond donors (Lipinski definition) is 1. The second-order valence-corrected chi connectivity index (χ2v) is 2.17. The molecular formula is C8H12N2. The van der Waals surface area contributed by atoms with Crippen LogP contribution in [0.5, 0.6) is 0 Å². The zero-order chi connectivity index (χ0) is 7.23. The molecule has 0 atom stereocenters. The summed E-state index contributed by atoms with van der Waals surface area (Å²) in [4.78, 5) is 0. The quantitative estimate of drug-likeness (QED) is 0.632. The lowest BCUT2D eigenvalue weighted by Gasteiger charge is -1.85. The standard InChI is InChI=1S/C8H12N2/c1-2-3-4-5-8-6-7-9-10-8/h3-4,6-7H,2,5H2,1H3,(H,9,10)/b4-3+. The Morgan fingerprint density at radius 1 is 1.60 bits per heavy atom. The van der Waals surface area contributed by atoms with E-state index in [9.17, 15) is 0 Å². The largest absolute Gasteiger partial charge is 0.282 e. The molecule has 0 unspecified atom stereocenters. The Labute approximate surface area is 61.0 Å². The summed E-state index contributed by atoms with van der Waals surface area (Å²) >= 11 is 0. The third-order valence-electron chi connectivity index (χ3n) is 1.30. The zero-order valence-corrected chi connectivity index (χ0v) is 6.17. The summed E-state index contributed by atoms with van der Waals surface area (Å²) in [6, 6.07) is 1.99. The summed E-state index contributed by atoms with van der Waals surface area (Å²) in [6.07, 6.45) is 8.14. The third-order valence-corrected chi connectivity index (χ3v) is 1.30. The van der Waals surface area contributed by atoms with Gasteiger partial charge in [-0.3, -0.25) is 5.10 Å². The van der Waals surface area contributed by atoms with Crippen LogP contribution in [0.1, 0.15) is 19.0 Å². The van der Waals surface area contributed by atoms with Crippen molar-refractivity contribution in [2.75, 3.05) is 0 Å². The minimum absolute atomic E-state index is 0.966. The molecule has 10 heavy (non-hydrogen) atoms. The summed E-state index contributed by atoms with van der Waals surface area (Å²) < 4.78 is 0. The van der Waals surface area contributed by atoms with Crippen LogP contribution in [-0.2, 0) is 6.42 Å². The number of nitrogens with one attached hydrogen (secondary N) is 1. The molecule has 54 valence electrons. The van der Waals surface area contributed by atoms with E-state index in [4.69, 9.17) is 0 Å². The third kappa shape index (κ3) is 2.05. The van der Waals surface area contributed by atoms with Gasteiger partial charge in [-0.15, -0.1) is 0 Å². The smallest absolute Gasteiger partial charge is 0.0490 e. The van der Waals surface area contributed by atoms with Gasteiger partial charge in [0.25, 0.3) is 0 Å². The number of H-pyrrole nitrogens is 1. The first kappa shape index (κ1) is 7.06. The Morgan fingerprint density at radius 3 is 3.10 bits per heavy atom. The molecule has 0 bridgehead atoms.